The molecule has 0 heterocycles. The van der Waals surface area contributed by atoms with E-state index in [0.717, 1.165) is 5.92 Å². The molecule has 6 rings (SSSR count). The monoisotopic (exact) mass is 186 g/mol. The van der Waals surface area contributed by atoms with Gasteiger partial charge in [0.2, 0.25) is 0 Å². The van der Waals surface area contributed by atoms with Gasteiger partial charge in [-0.15, -0.1) is 0 Å². The van der Waals surface area contributed by atoms with E-state index in [9.17, 15) is 5.11 Å². The number of rotatable bonds is 0. The van der Waals surface area contributed by atoms with Crippen molar-refractivity contribution in [1.29, 1.82) is 0 Å². The summed E-state index contributed by atoms with van der Waals surface area (Å²) in [5, 5.41) is 10.2. The molecule has 4 bridgehead atoms. The van der Waals surface area contributed by atoms with Gasteiger partial charge in [0.1, 0.15) is 0 Å². The summed E-state index contributed by atoms with van der Waals surface area (Å²) < 4.78 is 0. The predicted molar refractivity (Wildman–Crippen MR) is 54.1 cm³/mol. The van der Waals surface area contributed by atoms with Gasteiger partial charge in [0, 0.05) is 5.92 Å². The van der Waals surface area contributed by atoms with Gasteiger partial charge in [-0.05, 0) is 41.7 Å². The van der Waals surface area contributed by atoms with Crippen molar-refractivity contribution in [3.63, 3.8) is 0 Å². The van der Waals surface area contributed by atoms with Gasteiger partial charge in [-0.25, -0.2) is 0 Å². The summed E-state index contributed by atoms with van der Waals surface area (Å²) in [4.78, 5) is 0. The van der Waals surface area contributed by atoms with Gasteiger partial charge in [-0.2, -0.15) is 0 Å². The first-order valence-electron chi connectivity index (χ1n) is 5.63. The summed E-state index contributed by atoms with van der Waals surface area (Å²) in [6.45, 7) is 0. The average Bonchev–Trinajstić information content (AvgIpc) is 2.17. The molecular formula is C13H14O. The molecule has 0 aromatic heterocycles. The second-order valence-corrected chi connectivity index (χ2v) is 5.15. The highest BCUT2D eigenvalue weighted by molar-refractivity contribution is 5.43. The van der Waals surface area contributed by atoms with Gasteiger partial charge in [0.15, 0.2) is 0 Å². The van der Waals surface area contributed by atoms with Crippen LogP contribution in [0.3, 0.4) is 0 Å². The van der Waals surface area contributed by atoms with Crippen molar-refractivity contribution in [2.24, 2.45) is 11.8 Å². The lowest BCUT2D eigenvalue weighted by Crippen LogP contribution is -2.54. The first-order valence-corrected chi connectivity index (χ1v) is 5.63. The van der Waals surface area contributed by atoms with Crippen molar-refractivity contribution >= 4 is 0 Å². The van der Waals surface area contributed by atoms with Crippen molar-refractivity contribution in [2.45, 2.75) is 30.8 Å². The van der Waals surface area contributed by atoms with E-state index in [0.29, 0.717) is 17.8 Å². The summed E-state index contributed by atoms with van der Waals surface area (Å²) >= 11 is 0. The largest absolute Gasteiger partial charge is 0.392 e. The van der Waals surface area contributed by atoms with Crippen LogP contribution in [0.2, 0.25) is 0 Å². The molecule has 0 radical (unpaired) electrons. The minimum atomic E-state index is -0.0418. The summed E-state index contributed by atoms with van der Waals surface area (Å²) in [5.74, 6) is 2.64. The zero-order chi connectivity index (χ0) is 9.28. The Balaban J connectivity index is 1.96. The highest BCUT2D eigenvalue weighted by Gasteiger charge is 2.57. The van der Waals surface area contributed by atoms with Crippen molar-refractivity contribution < 1.29 is 5.11 Å². The molecule has 72 valence electrons. The first kappa shape index (κ1) is 7.47. The molecule has 5 unspecified atom stereocenters. The normalized spacial score (nSPS) is 47.1. The number of hydrogen-bond acceptors (Lipinski definition) is 1. The molecule has 0 spiro atoms. The molecule has 0 amide bonds. The molecule has 3 fully saturated rings. The first-order chi connectivity index (χ1) is 6.86. The number of hydrogen-bond donors (Lipinski definition) is 1. The fraction of sp³-hybridized carbons (Fsp3) is 0.538. The maximum Gasteiger partial charge on any atom is 0.0643 e. The Labute approximate surface area is 83.8 Å². The van der Waals surface area contributed by atoms with E-state index in [2.05, 4.69) is 24.3 Å². The third-order valence-corrected chi connectivity index (χ3v) is 4.71. The number of benzene rings is 1. The predicted octanol–water partition coefficient (Wildman–Crippen LogP) is 2.27. The maximum atomic E-state index is 10.2. The smallest absolute Gasteiger partial charge is 0.0643 e. The van der Waals surface area contributed by atoms with Crippen molar-refractivity contribution in [2.75, 3.05) is 0 Å². The Morgan fingerprint density at radius 1 is 1.07 bits per heavy atom. The molecule has 14 heavy (non-hydrogen) atoms. The Bertz CT molecular complexity index is 373. The van der Waals surface area contributed by atoms with Crippen LogP contribution in [0.4, 0.5) is 0 Å². The molecule has 1 aromatic carbocycles. The molecule has 3 saturated carbocycles. The van der Waals surface area contributed by atoms with Gasteiger partial charge < -0.3 is 5.11 Å². The van der Waals surface area contributed by atoms with Gasteiger partial charge >= 0.3 is 0 Å². The van der Waals surface area contributed by atoms with Crippen molar-refractivity contribution in [3.05, 3.63) is 35.4 Å². The standard InChI is InChI=1S/C13H14O/c14-13-10-5-7-6-11(13)12(7)9-4-2-1-3-8(9)10/h1-4,7,10-14H,5-6H2. The van der Waals surface area contributed by atoms with Crippen LogP contribution in [-0.2, 0) is 0 Å². The molecule has 5 atom stereocenters. The number of aliphatic hydroxyl groups is 1. The minimum absolute atomic E-state index is 0.0418. The van der Waals surface area contributed by atoms with Gasteiger partial charge in [-0.3, -0.25) is 0 Å². The molecule has 5 aliphatic rings. The minimum Gasteiger partial charge on any atom is -0.392 e. The zero-order valence-electron chi connectivity index (χ0n) is 8.06. The lowest BCUT2D eigenvalue weighted by atomic mass is 9.45. The second-order valence-electron chi connectivity index (χ2n) is 5.15. The molecule has 1 heteroatoms. The highest BCUT2D eigenvalue weighted by atomic mass is 16.3. The van der Waals surface area contributed by atoms with E-state index in [1.165, 1.54) is 18.4 Å². The topological polar surface area (TPSA) is 20.2 Å². The van der Waals surface area contributed by atoms with Gasteiger partial charge in [0.05, 0.1) is 6.10 Å². The Hall–Kier alpha value is -0.820. The van der Waals surface area contributed by atoms with Crippen LogP contribution in [0.1, 0.15) is 35.8 Å². The summed E-state index contributed by atoms with van der Waals surface area (Å²) in [7, 11) is 0. The van der Waals surface area contributed by atoms with E-state index >= 15 is 0 Å². The fourth-order valence-corrected chi connectivity index (χ4v) is 4.10. The third kappa shape index (κ3) is 0.651. The maximum absolute atomic E-state index is 10.2. The van der Waals surface area contributed by atoms with Crippen LogP contribution in [-0.4, -0.2) is 11.2 Å². The quantitative estimate of drug-likeness (QED) is 0.659. The summed E-state index contributed by atoms with van der Waals surface area (Å²) in [6, 6.07) is 8.74. The van der Waals surface area contributed by atoms with E-state index < -0.39 is 0 Å². The SMILES string of the molecule is OC1C2CC3CC1C3c1ccccc12. The van der Waals surface area contributed by atoms with E-state index in [1.807, 2.05) is 0 Å². The Kier molecular flexibility index (Phi) is 1.18. The van der Waals surface area contributed by atoms with E-state index in [1.54, 1.807) is 5.56 Å². The summed E-state index contributed by atoms with van der Waals surface area (Å²) in [6.07, 6.45) is 2.47. The molecule has 1 N–H and O–H groups in total. The third-order valence-electron chi connectivity index (χ3n) is 4.71. The number of aliphatic hydroxyl groups excluding tert-OH is 1. The van der Waals surface area contributed by atoms with Crippen molar-refractivity contribution in [1.82, 2.24) is 0 Å². The van der Waals surface area contributed by atoms with Crippen LogP contribution in [0.15, 0.2) is 24.3 Å². The van der Waals surface area contributed by atoms with Crippen LogP contribution >= 0.6 is 0 Å². The lowest BCUT2D eigenvalue weighted by Gasteiger charge is -2.60. The van der Waals surface area contributed by atoms with E-state index in [4.69, 9.17) is 0 Å². The van der Waals surface area contributed by atoms with Crippen LogP contribution in [0.5, 0.6) is 0 Å². The highest BCUT2D eigenvalue weighted by Crippen LogP contribution is 2.65. The van der Waals surface area contributed by atoms with Gasteiger partial charge in [-0.1, -0.05) is 24.3 Å². The van der Waals surface area contributed by atoms with Crippen molar-refractivity contribution in [3.8, 4) is 0 Å². The molecule has 5 aliphatic carbocycles. The fourth-order valence-electron chi connectivity index (χ4n) is 4.10. The van der Waals surface area contributed by atoms with Crippen LogP contribution in [0.25, 0.3) is 0 Å². The lowest BCUT2D eigenvalue weighted by molar-refractivity contribution is -0.0810. The Morgan fingerprint density at radius 3 is 2.64 bits per heavy atom. The van der Waals surface area contributed by atoms with Crippen LogP contribution in [0, 0.1) is 11.8 Å². The zero-order valence-corrected chi connectivity index (χ0v) is 8.06. The van der Waals surface area contributed by atoms with E-state index in [-0.39, 0.29) is 6.10 Å². The molecular weight excluding hydrogens is 172 g/mol. The summed E-state index contributed by atoms with van der Waals surface area (Å²) in [5.41, 5.74) is 2.99. The molecule has 1 nitrogen and oxygen atoms in total. The van der Waals surface area contributed by atoms with Crippen LogP contribution < -0.4 is 0 Å². The molecule has 0 saturated heterocycles. The molecule has 0 aliphatic heterocycles. The second kappa shape index (κ2) is 2.22. The average molecular weight is 186 g/mol. The van der Waals surface area contributed by atoms with Gasteiger partial charge in [0.25, 0.3) is 0 Å². The Morgan fingerprint density at radius 2 is 1.86 bits per heavy atom. The molecule has 1 aromatic rings.